The van der Waals surface area contributed by atoms with Gasteiger partial charge in [-0.2, -0.15) is 0 Å². The molecule has 1 aromatic carbocycles. The van der Waals surface area contributed by atoms with E-state index in [0.717, 1.165) is 5.56 Å². The van der Waals surface area contributed by atoms with E-state index in [1.54, 1.807) is 19.1 Å². The standard InChI is InChI=1S/C13H11BrFN3O/c1-7-4-12(17-6-11(7)16)18-13(19)9-3-2-8(14)5-10(9)15/h2-6H,16H2,1H3,(H,17,18,19). The molecule has 19 heavy (non-hydrogen) atoms. The molecule has 4 nitrogen and oxygen atoms in total. The lowest BCUT2D eigenvalue weighted by Crippen LogP contribution is -2.15. The minimum absolute atomic E-state index is 0.0421. The lowest BCUT2D eigenvalue weighted by atomic mass is 10.2. The third-order valence-corrected chi connectivity index (χ3v) is 3.06. The van der Waals surface area contributed by atoms with Gasteiger partial charge in [-0.15, -0.1) is 0 Å². The third kappa shape index (κ3) is 3.08. The second-order valence-corrected chi connectivity index (χ2v) is 4.92. The molecule has 0 fully saturated rings. The van der Waals surface area contributed by atoms with E-state index in [1.165, 1.54) is 18.3 Å². The summed E-state index contributed by atoms with van der Waals surface area (Å²) in [6.45, 7) is 1.80. The van der Waals surface area contributed by atoms with Crippen LogP contribution in [0.4, 0.5) is 15.9 Å². The number of halogens is 2. The number of aromatic nitrogens is 1. The Balaban J connectivity index is 2.23. The molecular weight excluding hydrogens is 313 g/mol. The first-order valence-corrected chi connectivity index (χ1v) is 6.25. The Hall–Kier alpha value is -1.95. The van der Waals surface area contributed by atoms with Crippen LogP contribution in [-0.4, -0.2) is 10.9 Å². The number of anilines is 2. The SMILES string of the molecule is Cc1cc(NC(=O)c2ccc(Br)cc2F)ncc1N. The van der Waals surface area contributed by atoms with Crippen molar-refractivity contribution in [3.05, 3.63) is 51.9 Å². The summed E-state index contributed by atoms with van der Waals surface area (Å²) in [4.78, 5) is 15.9. The highest BCUT2D eigenvalue weighted by molar-refractivity contribution is 9.10. The summed E-state index contributed by atoms with van der Waals surface area (Å²) in [6.07, 6.45) is 1.45. The Morgan fingerprint density at radius 2 is 2.16 bits per heavy atom. The Labute approximate surface area is 118 Å². The number of carbonyl (C=O) groups excluding carboxylic acids is 1. The van der Waals surface area contributed by atoms with Crippen molar-refractivity contribution in [2.24, 2.45) is 0 Å². The number of pyridine rings is 1. The molecule has 0 bridgehead atoms. The maximum absolute atomic E-state index is 13.6. The zero-order valence-corrected chi connectivity index (χ0v) is 11.7. The summed E-state index contributed by atoms with van der Waals surface area (Å²) < 4.78 is 14.2. The normalized spacial score (nSPS) is 10.3. The van der Waals surface area contributed by atoms with E-state index in [0.29, 0.717) is 16.0 Å². The average Bonchev–Trinajstić information content (AvgIpc) is 2.33. The van der Waals surface area contributed by atoms with Crippen LogP contribution in [0, 0.1) is 12.7 Å². The molecule has 2 aromatic rings. The van der Waals surface area contributed by atoms with Crippen molar-refractivity contribution >= 4 is 33.3 Å². The second-order valence-electron chi connectivity index (χ2n) is 4.00. The number of benzene rings is 1. The largest absolute Gasteiger partial charge is 0.397 e. The number of nitrogens with two attached hydrogens (primary N) is 1. The molecule has 0 radical (unpaired) electrons. The Morgan fingerprint density at radius 1 is 1.42 bits per heavy atom. The summed E-state index contributed by atoms with van der Waals surface area (Å²) in [5, 5.41) is 2.53. The van der Waals surface area contributed by atoms with Crippen LogP contribution in [0.5, 0.6) is 0 Å². The van der Waals surface area contributed by atoms with E-state index < -0.39 is 11.7 Å². The molecule has 1 heterocycles. The van der Waals surface area contributed by atoms with Crippen LogP contribution in [0.2, 0.25) is 0 Å². The Morgan fingerprint density at radius 3 is 2.79 bits per heavy atom. The lowest BCUT2D eigenvalue weighted by molar-refractivity contribution is 0.102. The van der Waals surface area contributed by atoms with Gasteiger partial charge in [-0.05, 0) is 36.8 Å². The number of aryl methyl sites for hydroxylation is 1. The predicted octanol–water partition coefficient (Wildman–Crippen LogP) is 3.13. The monoisotopic (exact) mass is 323 g/mol. The van der Waals surface area contributed by atoms with Gasteiger partial charge in [-0.25, -0.2) is 9.37 Å². The zero-order valence-electron chi connectivity index (χ0n) is 10.1. The molecule has 0 spiro atoms. The van der Waals surface area contributed by atoms with Crippen LogP contribution in [0.25, 0.3) is 0 Å². The van der Waals surface area contributed by atoms with Crippen LogP contribution >= 0.6 is 15.9 Å². The van der Waals surface area contributed by atoms with Gasteiger partial charge >= 0.3 is 0 Å². The van der Waals surface area contributed by atoms with Crippen molar-refractivity contribution in [1.82, 2.24) is 4.98 Å². The maximum atomic E-state index is 13.6. The van der Waals surface area contributed by atoms with Crippen molar-refractivity contribution in [3.63, 3.8) is 0 Å². The fraction of sp³-hybridized carbons (Fsp3) is 0.0769. The molecule has 0 aliphatic rings. The highest BCUT2D eigenvalue weighted by atomic mass is 79.9. The van der Waals surface area contributed by atoms with Gasteiger partial charge in [-0.1, -0.05) is 15.9 Å². The van der Waals surface area contributed by atoms with Gasteiger partial charge in [0.2, 0.25) is 0 Å². The molecule has 0 saturated carbocycles. The number of hydrogen-bond acceptors (Lipinski definition) is 3. The average molecular weight is 324 g/mol. The van der Waals surface area contributed by atoms with Crippen molar-refractivity contribution in [3.8, 4) is 0 Å². The second kappa shape index (κ2) is 5.36. The number of carbonyl (C=O) groups is 1. The molecule has 0 unspecified atom stereocenters. The molecule has 98 valence electrons. The van der Waals surface area contributed by atoms with Crippen LogP contribution < -0.4 is 11.1 Å². The summed E-state index contributed by atoms with van der Waals surface area (Å²) in [5.41, 5.74) is 6.92. The molecule has 0 atom stereocenters. The highest BCUT2D eigenvalue weighted by Gasteiger charge is 2.12. The number of hydrogen-bond donors (Lipinski definition) is 2. The van der Waals surface area contributed by atoms with Gasteiger partial charge in [0.15, 0.2) is 0 Å². The van der Waals surface area contributed by atoms with E-state index in [4.69, 9.17) is 5.73 Å². The Kier molecular flexibility index (Phi) is 3.80. The highest BCUT2D eigenvalue weighted by Crippen LogP contribution is 2.18. The number of amides is 1. The summed E-state index contributed by atoms with van der Waals surface area (Å²) >= 11 is 3.13. The van der Waals surface area contributed by atoms with Gasteiger partial charge < -0.3 is 11.1 Å². The fourth-order valence-corrected chi connectivity index (χ4v) is 1.83. The molecule has 0 aliphatic carbocycles. The van der Waals surface area contributed by atoms with Crippen molar-refractivity contribution in [1.29, 1.82) is 0 Å². The number of nitrogen functional groups attached to an aromatic ring is 1. The quantitative estimate of drug-likeness (QED) is 0.892. The molecule has 1 amide bonds. The molecule has 6 heteroatoms. The summed E-state index contributed by atoms with van der Waals surface area (Å²) in [6, 6.07) is 5.86. The number of nitrogens with one attached hydrogen (secondary N) is 1. The topological polar surface area (TPSA) is 68.0 Å². The first-order valence-electron chi connectivity index (χ1n) is 5.46. The third-order valence-electron chi connectivity index (χ3n) is 2.57. The smallest absolute Gasteiger partial charge is 0.259 e. The molecular formula is C13H11BrFN3O. The van der Waals surface area contributed by atoms with Gasteiger partial charge in [0.05, 0.1) is 17.4 Å². The number of rotatable bonds is 2. The minimum Gasteiger partial charge on any atom is -0.397 e. The Bertz CT molecular complexity index is 646. The number of nitrogens with zero attached hydrogens (tertiary/aromatic N) is 1. The lowest BCUT2D eigenvalue weighted by Gasteiger charge is -2.07. The first-order chi connectivity index (χ1) is 8.97. The van der Waals surface area contributed by atoms with Crippen molar-refractivity contribution in [2.75, 3.05) is 11.1 Å². The summed E-state index contributed by atoms with van der Waals surface area (Å²) in [7, 11) is 0. The van der Waals surface area contributed by atoms with Crippen LogP contribution in [0.1, 0.15) is 15.9 Å². The van der Waals surface area contributed by atoms with Crippen molar-refractivity contribution in [2.45, 2.75) is 6.92 Å². The van der Waals surface area contributed by atoms with Gasteiger partial charge in [0.25, 0.3) is 5.91 Å². The van der Waals surface area contributed by atoms with Crippen molar-refractivity contribution < 1.29 is 9.18 Å². The first kappa shape index (κ1) is 13.5. The minimum atomic E-state index is -0.598. The molecule has 2 rings (SSSR count). The summed E-state index contributed by atoms with van der Waals surface area (Å²) in [5.74, 6) is -0.820. The van der Waals surface area contributed by atoms with E-state index in [9.17, 15) is 9.18 Å². The van der Waals surface area contributed by atoms with Gasteiger partial charge in [0.1, 0.15) is 11.6 Å². The molecule has 0 aliphatic heterocycles. The van der Waals surface area contributed by atoms with Crippen LogP contribution in [0.15, 0.2) is 34.9 Å². The predicted molar refractivity (Wildman–Crippen MR) is 75.4 cm³/mol. The van der Waals surface area contributed by atoms with Crippen LogP contribution in [-0.2, 0) is 0 Å². The van der Waals surface area contributed by atoms with Gasteiger partial charge in [-0.3, -0.25) is 4.79 Å². The maximum Gasteiger partial charge on any atom is 0.259 e. The fourth-order valence-electron chi connectivity index (χ4n) is 1.49. The molecule has 0 saturated heterocycles. The molecule has 3 N–H and O–H groups in total. The van der Waals surface area contributed by atoms with Crippen LogP contribution in [0.3, 0.4) is 0 Å². The van der Waals surface area contributed by atoms with E-state index >= 15 is 0 Å². The van der Waals surface area contributed by atoms with E-state index in [-0.39, 0.29) is 5.56 Å². The zero-order chi connectivity index (χ0) is 14.0. The van der Waals surface area contributed by atoms with Gasteiger partial charge in [0, 0.05) is 4.47 Å². The van der Waals surface area contributed by atoms with E-state index in [1.807, 2.05) is 0 Å². The van der Waals surface area contributed by atoms with E-state index in [2.05, 4.69) is 26.2 Å². The molecule has 1 aromatic heterocycles.